The van der Waals surface area contributed by atoms with E-state index in [-0.39, 0.29) is 11.2 Å². The summed E-state index contributed by atoms with van der Waals surface area (Å²) >= 11 is 5.68. The Balaban J connectivity index is 3.14. The van der Waals surface area contributed by atoms with E-state index in [4.69, 9.17) is 11.6 Å². The van der Waals surface area contributed by atoms with Gasteiger partial charge in [0.1, 0.15) is 5.75 Å². The first-order valence-electron chi connectivity index (χ1n) is 3.90. The van der Waals surface area contributed by atoms with Gasteiger partial charge in [0, 0.05) is 0 Å². The van der Waals surface area contributed by atoms with Crippen molar-refractivity contribution >= 4 is 11.6 Å². The molecule has 0 fully saturated rings. The van der Waals surface area contributed by atoms with E-state index < -0.39 is 0 Å². The van der Waals surface area contributed by atoms with Crippen molar-refractivity contribution in [3.05, 3.63) is 28.8 Å². The zero-order valence-electron chi connectivity index (χ0n) is 7.56. The van der Waals surface area contributed by atoms with Gasteiger partial charge in [0.05, 0.1) is 5.02 Å². The van der Waals surface area contributed by atoms with Crippen LogP contribution < -0.4 is 0 Å². The second-order valence-corrected chi connectivity index (χ2v) is 4.32. The van der Waals surface area contributed by atoms with Crippen molar-refractivity contribution in [3.63, 3.8) is 0 Å². The van der Waals surface area contributed by atoms with Crippen molar-refractivity contribution < 1.29 is 5.11 Å². The van der Waals surface area contributed by atoms with Crippen molar-refractivity contribution in [1.29, 1.82) is 0 Å². The molecule has 0 heterocycles. The van der Waals surface area contributed by atoms with Crippen LogP contribution in [0.15, 0.2) is 18.2 Å². The maximum atomic E-state index is 9.33. The van der Waals surface area contributed by atoms with Gasteiger partial charge in [0.2, 0.25) is 0 Å². The third-order valence-electron chi connectivity index (χ3n) is 1.81. The average molecular weight is 185 g/mol. The van der Waals surface area contributed by atoms with Gasteiger partial charge in [-0.15, -0.1) is 0 Å². The van der Waals surface area contributed by atoms with Crippen molar-refractivity contribution in [2.45, 2.75) is 26.2 Å². The lowest BCUT2D eigenvalue weighted by molar-refractivity contribution is 0.471. The molecule has 66 valence electrons. The molecule has 1 rings (SSSR count). The molecule has 0 amide bonds. The highest BCUT2D eigenvalue weighted by molar-refractivity contribution is 6.32. The summed E-state index contributed by atoms with van der Waals surface area (Å²) in [4.78, 5) is 0. The van der Waals surface area contributed by atoms with E-state index in [1.807, 2.05) is 6.07 Å². The Morgan fingerprint density at radius 1 is 1.25 bits per heavy atom. The maximum absolute atomic E-state index is 9.33. The highest BCUT2D eigenvalue weighted by Crippen LogP contribution is 2.30. The van der Waals surface area contributed by atoms with Gasteiger partial charge in [-0.3, -0.25) is 0 Å². The predicted molar refractivity (Wildman–Crippen MR) is 51.8 cm³/mol. The summed E-state index contributed by atoms with van der Waals surface area (Å²) in [5, 5.41) is 9.74. The molecule has 0 bridgehead atoms. The van der Waals surface area contributed by atoms with Crippen molar-refractivity contribution in [3.8, 4) is 5.75 Å². The second kappa shape index (κ2) is 2.98. The summed E-state index contributed by atoms with van der Waals surface area (Å²) in [5.74, 6) is 0.157. The van der Waals surface area contributed by atoms with Crippen molar-refractivity contribution in [2.24, 2.45) is 0 Å². The van der Waals surface area contributed by atoms with E-state index >= 15 is 0 Å². The van der Waals surface area contributed by atoms with Gasteiger partial charge < -0.3 is 5.11 Å². The van der Waals surface area contributed by atoms with E-state index in [0.717, 1.165) is 5.56 Å². The lowest BCUT2D eigenvalue weighted by atomic mass is 9.87. The van der Waals surface area contributed by atoms with Gasteiger partial charge >= 0.3 is 0 Å². The monoisotopic (exact) mass is 184 g/mol. The number of phenols is 1. The van der Waals surface area contributed by atoms with Crippen LogP contribution in [0.2, 0.25) is 5.02 Å². The van der Waals surface area contributed by atoms with Gasteiger partial charge in [-0.05, 0) is 23.1 Å². The Kier molecular flexibility index (Phi) is 2.34. The number of hydrogen-bond acceptors (Lipinski definition) is 1. The maximum Gasteiger partial charge on any atom is 0.134 e. The standard InChI is InChI=1S/C10H13ClO/c1-10(2,3)7-4-5-8(11)9(12)6-7/h4-6,12H,1-3H3. The third-order valence-corrected chi connectivity index (χ3v) is 2.13. The Hall–Kier alpha value is -0.690. The number of hydrogen-bond donors (Lipinski definition) is 1. The Labute approximate surface area is 78.0 Å². The minimum atomic E-state index is 0.0576. The molecule has 0 atom stereocenters. The van der Waals surface area contributed by atoms with Crippen LogP contribution >= 0.6 is 11.6 Å². The molecule has 1 aromatic rings. The first-order chi connectivity index (χ1) is 5.41. The number of aromatic hydroxyl groups is 1. The summed E-state index contributed by atoms with van der Waals surface area (Å²) in [6, 6.07) is 5.36. The fourth-order valence-electron chi connectivity index (χ4n) is 0.979. The topological polar surface area (TPSA) is 20.2 Å². The summed E-state index contributed by atoms with van der Waals surface area (Å²) in [7, 11) is 0. The minimum Gasteiger partial charge on any atom is -0.506 e. The molecular formula is C10H13ClO. The van der Waals surface area contributed by atoms with Crippen LogP contribution in [0, 0.1) is 0 Å². The van der Waals surface area contributed by atoms with E-state index in [1.54, 1.807) is 12.1 Å². The molecule has 1 N–H and O–H groups in total. The average Bonchev–Trinajstić information content (AvgIpc) is 1.92. The van der Waals surface area contributed by atoms with Crippen LogP contribution in [0.4, 0.5) is 0 Å². The molecule has 1 aromatic carbocycles. The number of phenolic OH excluding ortho intramolecular Hbond substituents is 1. The molecule has 0 saturated carbocycles. The second-order valence-electron chi connectivity index (χ2n) is 3.92. The molecule has 0 spiro atoms. The van der Waals surface area contributed by atoms with E-state index in [0.29, 0.717) is 5.02 Å². The molecule has 0 unspecified atom stereocenters. The smallest absolute Gasteiger partial charge is 0.134 e. The van der Waals surface area contributed by atoms with Crippen molar-refractivity contribution in [1.82, 2.24) is 0 Å². The molecule has 2 heteroatoms. The number of rotatable bonds is 0. The van der Waals surface area contributed by atoms with Gasteiger partial charge in [0.15, 0.2) is 0 Å². The first kappa shape index (κ1) is 9.40. The number of benzene rings is 1. The normalized spacial score (nSPS) is 11.7. The van der Waals surface area contributed by atoms with Crippen LogP contribution in [0.25, 0.3) is 0 Å². The summed E-state index contributed by atoms with van der Waals surface area (Å²) in [5.41, 5.74) is 1.15. The van der Waals surface area contributed by atoms with Crippen LogP contribution in [0.1, 0.15) is 26.3 Å². The molecule has 0 radical (unpaired) electrons. The van der Waals surface area contributed by atoms with E-state index in [2.05, 4.69) is 20.8 Å². The van der Waals surface area contributed by atoms with Gasteiger partial charge in [-0.2, -0.15) is 0 Å². The van der Waals surface area contributed by atoms with Crippen molar-refractivity contribution in [2.75, 3.05) is 0 Å². The summed E-state index contributed by atoms with van der Waals surface area (Å²) < 4.78 is 0. The summed E-state index contributed by atoms with van der Waals surface area (Å²) in [6.45, 7) is 6.28. The number of halogens is 1. The van der Waals surface area contributed by atoms with Gasteiger partial charge in [-0.1, -0.05) is 38.4 Å². The van der Waals surface area contributed by atoms with Crippen LogP contribution in [0.3, 0.4) is 0 Å². The Morgan fingerprint density at radius 2 is 1.83 bits per heavy atom. The van der Waals surface area contributed by atoms with Crippen LogP contribution in [-0.4, -0.2) is 5.11 Å². The fourth-order valence-corrected chi connectivity index (χ4v) is 1.10. The Morgan fingerprint density at radius 3 is 2.25 bits per heavy atom. The van der Waals surface area contributed by atoms with E-state index in [9.17, 15) is 5.11 Å². The van der Waals surface area contributed by atoms with Gasteiger partial charge in [-0.25, -0.2) is 0 Å². The first-order valence-corrected chi connectivity index (χ1v) is 4.28. The SMILES string of the molecule is CC(C)(C)c1ccc(Cl)c(O)c1. The molecule has 0 aliphatic heterocycles. The predicted octanol–water partition coefficient (Wildman–Crippen LogP) is 3.34. The molecule has 12 heavy (non-hydrogen) atoms. The zero-order chi connectivity index (χ0) is 9.35. The third kappa shape index (κ3) is 1.92. The molecule has 0 aliphatic carbocycles. The molecular weight excluding hydrogens is 172 g/mol. The fraction of sp³-hybridized carbons (Fsp3) is 0.400. The molecule has 0 aliphatic rings. The molecule has 1 nitrogen and oxygen atoms in total. The highest BCUT2D eigenvalue weighted by Gasteiger charge is 2.14. The molecule has 0 saturated heterocycles. The quantitative estimate of drug-likeness (QED) is 0.656. The molecule has 0 aromatic heterocycles. The lowest BCUT2D eigenvalue weighted by Crippen LogP contribution is -2.10. The van der Waals surface area contributed by atoms with Crippen LogP contribution in [-0.2, 0) is 5.41 Å². The van der Waals surface area contributed by atoms with Crippen LogP contribution in [0.5, 0.6) is 5.75 Å². The highest BCUT2D eigenvalue weighted by atomic mass is 35.5. The summed E-state index contributed by atoms with van der Waals surface area (Å²) in [6.07, 6.45) is 0. The minimum absolute atomic E-state index is 0.0576. The zero-order valence-corrected chi connectivity index (χ0v) is 8.31. The Bertz CT molecular complexity index is 286. The lowest BCUT2D eigenvalue weighted by Gasteiger charge is -2.19. The van der Waals surface area contributed by atoms with E-state index in [1.165, 1.54) is 0 Å². The largest absolute Gasteiger partial charge is 0.506 e. The van der Waals surface area contributed by atoms with Gasteiger partial charge in [0.25, 0.3) is 0 Å².